The molecule has 0 aliphatic rings. The number of rotatable bonds is 7. The zero-order chi connectivity index (χ0) is 24.5. The molecular weight excluding hydrogens is 452 g/mol. The summed E-state index contributed by atoms with van der Waals surface area (Å²) in [7, 11) is 0. The van der Waals surface area contributed by atoms with Crippen molar-refractivity contribution in [2.24, 2.45) is 10.2 Å². The summed E-state index contributed by atoms with van der Waals surface area (Å²) in [5, 5.41) is 38.1. The van der Waals surface area contributed by atoms with Gasteiger partial charge in [0, 0.05) is 24.3 Å². The molecule has 34 heavy (non-hydrogen) atoms. The van der Waals surface area contributed by atoms with Gasteiger partial charge in [-0.15, -0.1) is 10.2 Å². The lowest BCUT2D eigenvalue weighted by Crippen LogP contribution is -2.30. The lowest BCUT2D eigenvalue weighted by molar-refractivity contribution is -0.385. The smallest absolute Gasteiger partial charge is 0.274 e. The topological polar surface area (TPSA) is 212 Å². The average Bonchev–Trinajstić information content (AvgIpc) is 3.27. The van der Waals surface area contributed by atoms with E-state index in [1.807, 2.05) is 0 Å². The third-order valence-corrected chi connectivity index (χ3v) is 3.95. The van der Waals surface area contributed by atoms with Gasteiger partial charge in [0.15, 0.2) is 0 Å². The van der Waals surface area contributed by atoms with E-state index in [0.29, 0.717) is 11.1 Å². The van der Waals surface area contributed by atoms with Crippen LogP contribution in [0, 0.1) is 20.2 Å². The fourth-order valence-corrected chi connectivity index (χ4v) is 2.34. The van der Waals surface area contributed by atoms with Crippen molar-refractivity contribution in [3.63, 3.8) is 0 Å². The van der Waals surface area contributed by atoms with Crippen LogP contribution in [0.4, 0.5) is 26.9 Å². The van der Waals surface area contributed by atoms with Crippen LogP contribution in [0.25, 0.3) is 0 Å². The van der Waals surface area contributed by atoms with Crippen LogP contribution in [0.15, 0.2) is 65.1 Å². The van der Waals surface area contributed by atoms with Gasteiger partial charge in [0.25, 0.3) is 11.4 Å². The van der Waals surface area contributed by atoms with Gasteiger partial charge in [0.05, 0.1) is 22.3 Å². The van der Waals surface area contributed by atoms with Gasteiger partial charge in [0.1, 0.15) is 6.33 Å². The molecule has 0 saturated carbocycles. The van der Waals surface area contributed by atoms with Gasteiger partial charge in [0.2, 0.25) is 5.95 Å². The van der Waals surface area contributed by atoms with Gasteiger partial charge >= 0.3 is 12.1 Å². The maximum absolute atomic E-state index is 12.2. The number of nitrogens with zero attached hydrogens (tertiary/aromatic N) is 7. The number of carbonyl (C=O) groups is 2. The van der Waals surface area contributed by atoms with E-state index in [4.69, 9.17) is 0 Å². The van der Waals surface area contributed by atoms with Gasteiger partial charge in [-0.2, -0.15) is 10.2 Å². The van der Waals surface area contributed by atoms with Crippen molar-refractivity contribution in [2.45, 2.75) is 0 Å². The third-order valence-electron chi connectivity index (χ3n) is 3.95. The molecule has 0 atom stereocenters. The standard InChI is InChI=1S/C18H14N10O6/c29-17(24-19-9-12-1-5-14(6-2-12)27(31)32)22-16-23-21-11-26(16)18(30)25-20-10-13-3-7-15(8-4-13)28(33)34/h1-11H,(H,25,30)(H2,22,23,24,29)/b19-9+,20-10+. The summed E-state index contributed by atoms with van der Waals surface area (Å²) in [6.07, 6.45) is 3.55. The summed E-state index contributed by atoms with van der Waals surface area (Å²) >= 11 is 0. The van der Waals surface area contributed by atoms with Gasteiger partial charge in [-0.05, 0) is 35.4 Å². The summed E-state index contributed by atoms with van der Waals surface area (Å²) in [4.78, 5) is 44.4. The molecular formula is C18H14N10O6. The maximum Gasteiger partial charge on any atom is 0.350 e. The lowest BCUT2D eigenvalue weighted by Gasteiger charge is -2.05. The molecule has 3 amide bonds. The third kappa shape index (κ3) is 6.23. The van der Waals surface area contributed by atoms with Crippen molar-refractivity contribution in [3.8, 4) is 0 Å². The number of nitro benzene ring substituents is 2. The van der Waals surface area contributed by atoms with Crippen LogP contribution in [0.3, 0.4) is 0 Å². The highest BCUT2D eigenvalue weighted by atomic mass is 16.6. The normalized spacial score (nSPS) is 10.8. The number of anilines is 1. The molecule has 0 saturated heterocycles. The number of hydrogen-bond acceptors (Lipinski definition) is 10. The predicted molar refractivity (Wildman–Crippen MR) is 117 cm³/mol. The fourth-order valence-electron chi connectivity index (χ4n) is 2.34. The number of nitro groups is 2. The van der Waals surface area contributed by atoms with Gasteiger partial charge in [-0.3, -0.25) is 25.5 Å². The number of carbonyl (C=O) groups excluding carboxylic acids is 2. The second-order valence-corrected chi connectivity index (χ2v) is 6.22. The Bertz CT molecular complexity index is 1270. The minimum atomic E-state index is -0.838. The Kier molecular flexibility index (Phi) is 7.25. The van der Waals surface area contributed by atoms with Gasteiger partial charge in [-0.1, -0.05) is 0 Å². The molecule has 0 spiro atoms. The Balaban J connectivity index is 1.52. The molecule has 0 radical (unpaired) electrons. The highest BCUT2D eigenvalue weighted by Gasteiger charge is 2.13. The predicted octanol–water partition coefficient (Wildman–Crippen LogP) is 1.84. The Morgan fingerprint density at radius 2 is 1.35 bits per heavy atom. The number of aromatic nitrogens is 3. The van der Waals surface area contributed by atoms with Crippen LogP contribution in [0.5, 0.6) is 0 Å². The first-order valence-corrected chi connectivity index (χ1v) is 9.16. The second-order valence-electron chi connectivity index (χ2n) is 6.22. The molecule has 16 heteroatoms. The minimum absolute atomic E-state index is 0.0856. The first-order valence-electron chi connectivity index (χ1n) is 9.16. The number of amides is 3. The summed E-state index contributed by atoms with van der Waals surface area (Å²) in [6, 6.07) is 9.28. The van der Waals surface area contributed by atoms with E-state index < -0.39 is 21.9 Å². The van der Waals surface area contributed by atoms with Crippen molar-refractivity contribution in [1.29, 1.82) is 0 Å². The van der Waals surface area contributed by atoms with E-state index in [9.17, 15) is 29.8 Å². The number of hydrazone groups is 2. The zero-order valence-corrected chi connectivity index (χ0v) is 16.9. The number of urea groups is 1. The zero-order valence-electron chi connectivity index (χ0n) is 16.9. The molecule has 0 aliphatic carbocycles. The largest absolute Gasteiger partial charge is 0.350 e. The van der Waals surface area contributed by atoms with E-state index in [2.05, 4.69) is 36.6 Å². The van der Waals surface area contributed by atoms with Crippen molar-refractivity contribution in [1.82, 2.24) is 25.6 Å². The molecule has 16 nitrogen and oxygen atoms in total. The molecule has 1 aromatic heterocycles. The molecule has 0 aliphatic heterocycles. The summed E-state index contributed by atoms with van der Waals surface area (Å²) in [6.45, 7) is 0. The lowest BCUT2D eigenvalue weighted by atomic mass is 10.2. The van der Waals surface area contributed by atoms with Crippen LogP contribution in [-0.2, 0) is 0 Å². The monoisotopic (exact) mass is 466 g/mol. The molecule has 172 valence electrons. The number of benzene rings is 2. The van der Waals surface area contributed by atoms with Crippen LogP contribution < -0.4 is 16.2 Å². The highest BCUT2D eigenvalue weighted by Crippen LogP contribution is 2.11. The van der Waals surface area contributed by atoms with E-state index in [0.717, 1.165) is 10.9 Å². The molecule has 3 aromatic rings. The Labute approximate surface area is 189 Å². The van der Waals surface area contributed by atoms with Crippen LogP contribution >= 0.6 is 0 Å². The Morgan fingerprint density at radius 1 is 0.853 bits per heavy atom. The van der Waals surface area contributed by atoms with E-state index in [-0.39, 0.29) is 17.3 Å². The van der Waals surface area contributed by atoms with Crippen molar-refractivity contribution in [2.75, 3.05) is 5.32 Å². The van der Waals surface area contributed by atoms with Gasteiger partial charge in [-0.25, -0.2) is 25.0 Å². The molecule has 1 heterocycles. The molecule has 3 rings (SSSR count). The Hall–Kier alpha value is -5.54. The number of non-ortho nitro benzene ring substituents is 2. The highest BCUT2D eigenvalue weighted by molar-refractivity contribution is 5.91. The van der Waals surface area contributed by atoms with Crippen molar-refractivity contribution in [3.05, 3.63) is 86.2 Å². The quantitative estimate of drug-likeness (QED) is 0.265. The number of nitrogens with one attached hydrogen (secondary N) is 3. The van der Waals surface area contributed by atoms with Gasteiger partial charge < -0.3 is 0 Å². The summed E-state index contributed by atoms with van der Waals surface area (Å²) < 4.78 is 0.868. The minimum Gasteiger partial charge on any atom is -0.274 e. The molecule has 3 N–H and O–H groups in total. The van der Waals surface area contributed by atoms with Crippen LogP contribution in [-0.4, -0.2) is 49.1 Å². The number of hydrogen-bond donors (Lipinski definition) is 3. The molecule has 0 unspecified atom stereocenters. The van der Waals surface area contributed by atoms with E-state index >= 15 is 0 Å². The SMILES string of the molecule is O=C(N/N=C/c1ccc([N+](=O)[O-])cc1)Nc1nncn1C(=O)N/N=C/c1ccc([N+](=O)[O-])cc1. The van der Waals surface area contributed by atoms with E-state index in [1.54, 1.807) is 0 Å². The first-order chi connectivity index (χ1) is 16.3. The molecule has 0 bridgehead atoms. The first kappa shape index (κ1) is 23.1. The Morgan fingerprint density at radius 3 is 1.85 bits per heavy atom. The van der Waals surface area contributed by atoms with Crippen molar-refractivity contribution >= 4 is 41.8 Å². The maximum atomic E-state index is 12.2. The fraction of sp³-hybridized carbons (Fsp3) is 0. The molecule has 2 aromatic carbocycles. The second kappa shape index (κ2) is 10.7. The average molecular weight is 466 g/mol. The van der Waals surface area contributed by atoms with Crippen molar-refractivity contribution < 1.29 is 19.4 Å². The van der Waals surface area contributed by atoms with E-state index in [1.165, 1.54) is 61.0 Å². The summed E-state index contributed by atoms with van der Waals surface area (Å²) in [5.41, 5.74) is 5.16. The van der Waals surface area contributed by atoms with Crippen LogP contribution in [0.2, 0.25) is 0 Å². The van der Waals surface area contributed by atoms with Crippen LogP contribution in [0.1, 0.15) is 11.1 Å². The molecule has 0 fully saturated rings. The summed E-state index contributed by atoms with van der Waals surface area (Å²) in [5.74, 6) is -0.230.